The highest BCUT2D eigenvalue weighted by Crippen LogP contribution is 2.19. The molecule has 1 aliphatic carbocycles. The lowest BCUT2D eigenvalue weighted by Crippen LogP contribution is -2.15. The maximum absolute atomic E-state index is 11.9. The van der Waals surface area contributed by atoms with Crippen LogP contribution in [-0.4, -0.2) is 22.3 Å². The fourth-order valence-electron chi connectivity index (χ4n) is 2.42. The minimum absolute atomic E-state index is 0.0273. The van der Waals surface area contributed by atoms with E-state index in [1.165, 1.54) is 17.3 Å². The molecule has 1 aliphatic rings. The van der Waals surface area contributed by atoms with E-state index in [1.54, 1.807) is 0 Å². The van der Waals surface area contributed by atoms with Crippen molar-refractivity contribution in [1.82, 2.24) is 9.97 Å². The highest BCUT2D eigenvalue weighted by molar-refractivity contribution is 7.99. The molecule has 5 heteroatoms. The molecule has 0 bridgehead atoms. The largest absolute Gasteiger partial charge is 0.493 e. The van der Waals surface area contributed by atoms with Crippen LogP contribution in [0, 0.1) is 6.92 Å². The molecule has 1 N–H and O–H groups in total. The fourth-order valence-corrected chi connectivity index (χ4v) is 3.12. The van der Waals surface area contributed by atoms with Gasteiger partial charge in [0.1, 0.15) is 5.75 Å². The van der Waals surface area contributed by atoms with Crippen molar-refractivity contribution in [2.45, 2.75) is 31.3 Å². The van der Waals surface area contributed by atoms with E-state index in [0.29, 0.717) is 11.8 Å². The van der Waals surface area contributed by atoms with Crippen molar-refractivity contribution >= 4 is 11.8 Å². The summed E-state index contributed by atoms with van der Waals surface area (Å²) in [4.78, 5) is 19.3. The Labute approximate surface area is 128 Å². The van der Waals surface area contributed by atoms with E-state index in [-0.39, 0.29) is 5.56 Å². The maximum atomic E-state index is 11.9. The van der Waals surface area contributed by atoms with Gasteiger partial charge in [-0.2, -0.15) is 0 Å². The molecular weight excluding hydrogens is 284 g/mol. The zero-order valence-corrected chi connectivity index (χ0v) is 12.8. The first-order valence-electron chi connectivity index (χ1n) is 7.17. The Kier molecular flexibility index (Phi) is 4.29. The quantitative estimate of drug-likeness (QED) is 0.524. The zero-order valence-electron chi connectivity index (χ0n) is 12.0. The summed E-state index contributed by atoms with van der Waals surface area (Å²) in [5, 5.41) is 0.702. The normalized spacial score (nSPS) is 13.2. The SMILES string of the molecule is Cc1ccc(OCCSc2nc3c(c(=O)[nH]2)CCC3)cc1. The molecule has 1 aromatic carbocycles. The average Bonchev–Trinajstić information content (AvgIpc) is 2.94. The smallest absolute Gasteiger partial charge is 0.254 e. The molecule has 0 fully saturated rings. The third kappa shape index (κ3) is 3.47. The summed E-state index contributed by atoms with van der Waals surface area (Å²) in [5.41, 5.74) is 3.09. The van der Waals surface area contributed by atoms with E-state index in [0.717, 1.165) is 42.0 Å². The molecule has 4 nitrogen and oxygen atoms in total. The van der Waals surface area contributed by atoms with Crippen molar-refractivity contribution in [1.29, 1.82) is 0 Å². The van der Waals surface area contributed by atoms with Crippen LogP contribution in [0.15, 0.2) is 34.2 Å². The number of rotatable bonds is 5. The van der Waals surface area contributed by atoms with Gasteiger partial charge in [-0.15, -0.1) is 0 Å². The van der Waals surface area contributed by atoms with Crippen LogP contribution in [0.1, 0.15) is 23.2 Å². The first-order valence-corrected chi connectivity index (χ1v) is 8.15. The predicted molar refractivity (Wildman–Crippen MR) is 84.3 cm³/mol. The van der Waals surface area contributed by atoms with Crippen LogP contribution in [0.2, 0.25) is 0 Å². The fraction of sp³-hybridized carbons (Fsp3) is 0.375. The van der Waals surface area contributed by atoms with Crippen molar-refractivity contribution in [2.24, 2.45) is 0 Å². The Morgan fingerprint density at radius 1 is 1.29 bits per heavy atom. The third-order valence-electron chi connectivity index (χ3n) is 3.53. The summed E-state index contributed by atoms with van der Waals surface area (Å²) >= 11 is 1.53. The second kappa shape index (κ2) is 6.35. The maximum Gasteiger partial charge on any atom is 0.254 e. The molecule has 0 aliphatic heterocycles. The summed E-state index contributed by atoms with van der Waals surface area (Å²) in [6.45, 7) is 2.64. The summed E-state index contributed by atoms with van der Waals surface area (Å²) in [6.07, 6.45) is 2.82. The number of aromatic amines is 1. The first kappa shape index (κ1) is 14.2. The van der Waals surface area contributed by atoms with Crippen molar-refractivity contribution in [2.75, 3.05) is 12.4 Å². The highest BCUT2D eigenvalue weighted by Gasteiger charge is 2.16. The predicted octanol–water partition coefficient (Wildman–Crippen LogP) is 2.74. The van der Waals surface area contributed by atoms with Crippen molar-refractivity contribution < 1.29 is 4.74 Å². The molecular formula is C16H18N2O2S. The van der Waals surface area contributed by atoms with Gasteiger partial charge in [-0.3, -0.25) is 4.79 Å². The van der Waals surface area contributed by atoms with Crippen molar-refractivity contribution in [3.05, 3.63) is 51.4 Å². The monoisotopic (exact) mass is 302 g/mol. The minimum atomic E-state index is 0.0273. The molecule has 0 spiro atoms. The van der Waals surface area contributed by atoms with Gasteiger partial charge in [0.15, 0.2) is 5.16 Å². The molecule has 21 heavy (non-hydrogen) atoms. The Balaban J connectivity index is 1.53. The van der Waals surface area contributed by atoms with E-state index in [1.807, 2.05) is 24.3 Å². The lowest BCUT2D eigenvalue weighted by atomic mass is 10.2. The van der Waals surface area contributed by atoms with Gasteiger partial charge < -0.3 is 9.72 Å². The topological polar surface area (TPSA) is 55.0 Å². The number of H-pyrrole nitrogens is 1. The van der Waals surface area contributed by atoms with Gasteiger partial charge in [-0.25, -0.2) is 4.98 Å². The van der Waals surface area contributed by atoms with Crippen LogP contribution in [0.5, 0.6) is 5.75 Å². The van der Waals surface area contributed by atoms with E-state index in [9.17, 15) is 4.79 Å². The molecule has 0 saturated heterocycles. The molecule has 2 aromatic rings. The van der Waals surface area contributed by atoms with E-state index >= 15 is 0 Å². The van der Waals surface area contributed by atoms with Gasteiger partial charge in [0, 0.05) is 11.3 Å². The molecule has 0 amide bonds. The molecule has 0 radical (unpaired) electrons. The number of hydrogen-bond donors (Lipinski definition) is 1. The zero-order chi connectivity index (χ0) is 14.7. The number of hydrogen-bond acceptors (Lipinski definition) is 4. The van der Waals surface area contributed by atoms with Crippen molar-refractivity contribution in [3.8, 4) is 5.75 Å². The second-order valence-corrected chi connectivity index (χ2v) is 6.24. The summed E-state index contributed by atoms with van der Waals surface area (Å²) in [6, 6.07) is 8.00. The van der Waals surface area contributed by atoms with Crippen LogP contribution in [0.25, 0.3) is 0 Å². The van der Waals surface area contributed by atoms with Crippen LogP contribution in [-0.2, 0) is 12.8 Å². The number of aryl methyl sites for hydroxylation is 2. The van der Waals surface area contributed by atoms with Crippen LogP contribution in [0.4, 0.5) is 0 Å². The van der Waals surface area contributed by atoms with Gasteiger partial charge in [0.2, 0.25) is 0 Å². The van der Waals surface area contributed by atoms with Crippen LogP contribution < -0.4 is 10.3 Å². The van der Waals surface area contributed by atoms with Gasteiger partial charge in [-0.1, -0.05) is 29.5 Å². The molecule has 110 valence electrons. The number of aromatic nitrogens is 2. The highest BCUT2D eigenvalue weighted by atomic mass is 32.2. The minimum Gasteiger partial charge on any atom is -0.493 e. The molecule has 0 atom stereocenters. The van der Waals surface area contributed by atoms with Crippen LogP contribution >= 0.6 is 11.8 Å². The van der Waals surface area contributed by atoms with Gasteiger partial charge in [-0.05, 0) is 38.3 Å². The number of benzene rings is 1. The average molecular weight is 302 g/mol. The van der Waals surface area contributed by atoms with Gasteiger partial charge in [0.05, 0.1) is 12.3 Å². The van der Waals surface area contributed by atoms with Crippen molar-refractivity contribution in [3.63, 3.8) is 0 Å². The lowest BCUT2D eigenvalue weighted by molar-refractivity contribution is 0.344. The Bertz CT molecular complexity index is 680. The van der Waals surface area contributed by atoms with E-state index in [4.69, 9.17) is 4.74 Å². The summed E-state index contributed by atoms with van der Waals surface area (Å²) in [5.74, 6) is 1.63. The molecule has 1 aromatic heterocycles. The number of ether oxygens (including phenoxy) is 1. The van der Waals surface area contributed by atoms with Gasteiger partial charge >= 0.3 is 0 Å². The molecule has 1 heterocycles. The van der Waals surface area contributed by atoms with Crippen LogP contribution in [0.3, 0.4) is 0 Å². The lowest BCUT2D eigenvalue weighted by Gasteiger charge is -2.06. The Hall–Kier alpha value is -1.75. The molecule has 0 saturated carbocycles. The Morgan fingerprint density at radius 2 is 2.10 bits per heavy atom. The summed E-state index contributed by atoms with van der Waals surface area (Å²) < 4.78 is 5.66. The Morgan fingerprint density at radius 3 is 2.90 bits per heavy atom. The third-order valence-corrected chi connectivity index (χ3v) is 4.37. The molecule has 3 rings (SSSR count). The standard InChI is InChI=1S/C16H18N2O2S/c1-11-5-7-12(8-6-11)20-9-10-21-16-17-14-4-2-3-13(14)15(19)18-16/h5-8H,2-4,9-10H2,1H3,(H,17,18,19). The molecule has 0 unspecified atom stereocenters. The van der Waals surface area contributed by atoms with E-state index in [2.05, 4.69) is 16.9 Å². The number of thioether (sulfide) groups is 1. The van der Waals surface area contributed by atoms with Gasteiger partial charge in [0.25, 0.3) is 5.56 Å². The van der Waals surface area contributed by atoms with E-state index < -0.39 is 0 Å². The second-order valence-electron chi connectivity index (χ2n) is 5.16. The summed E-state index contributed by atoms with van der Waals surface area (Å²) in [7, 11) is 0. The number of fused-ring (bicyclic) bond motifs is 1. The number of nitrogens with zero attached hydrogens (tertiary/aromatic N) is 1. The first-order chi connectivity index (χ1) is 10.2. The number of nitrogens with one attached hydrogen (secondary N) is 1.